The minimum Gasteiger partial charge on any atom is -0.480 e. The van der Waals surface area contributed by atoms with E-state index in [1.165, 1.54) is 0 Å². The van der Waals surface area contributed by atoms with Gasteiger partial charge in [0.25, 0.3) is 5.91 Å². The van der Waals surface area contributed by atoms with Crippen LogP contribution in [0.3, 0.4) is 0 Å². The number of nitrogens with zero attached hydrogens (tertiary/aromatic N) is 1. The molecule has 0 spiro atoms. The quantitative estimate of drug-likeness (QED) is 0.701. The van der Waals surface area contributed by atoms with Crippen molar-refractivity contribution in [1.82, 2.24) is 10.3 Å². The van der Waals surface area contributed by atoms with Crippen LogP contribution < -0.4 is 15.7 Å². The highest BCUT2D eigenvalue weighted by atomic mass is 16.5. The molecule has 2 aromatic heterocycles. The van der Waals surface area contributed by atoms with Crippen molar-refractivity contribution >= 4 is 16.9 Å². The zero-order chi connectivity index (χ0) is 19.6. The molecule has 1 amide bonds. The van der Waals surface area contributed by atoms with Crippen LogP contribution in [0.2, 0.25) is 0 Å². The molecule has 0 aliphatic rings. The van der Waals surface area contributed by atoms with Crippen LogP contribution in [-0.2, 0) is 11.3 Å². The van der Waals surface area contributed by atoms with Gasteiger partial charge < -0.3 is 14.5 Å². The zero-order valence-corrected chi connectivity index (χ0v) is 15.8. The summed E-state index contributed by atoms with van der Waals surface area (Å²) < 4.78 is 11.3. The predicted octanol–water partition coefficient (Wildman–Crippen LogP) is 3.20. The van der Waals surface area contributed by atoms with Gasteiger partial charge >= 0.3 is 5.63 Å². The highest BCUT2D eigenvalue weighted by Crippen LogP contribution is 2.31. The van der Waals surface area contributed by atoms with Gasteiger partial charge in [0.2, 0.25) is 0 Å². The summed E-state index contributed by atoms with van der Waals surface area (Å²) in [5.41, 5.74) is 3.06. The number of benzene rings is 1. The fourth-order valence-corrected chi connectivity index (χ4v) is 2.85. The summed E-state index contributed by atoms with van der Waals surface area (Å²) in [6.07, 6.45) is 0.962. The molecule has 0 aliphatic heterocycles. The smallest absolute Gasteiger partial charge is 0.339 e. The van der Waals surface area contributed by atoms with Crippen molar-refractivity contribution in [3.05, 3.63) is 69.3 Å². The summed E-state index contributed by atoms with van der Waals surface area (Å²) in [5.74, 6) is 0.275. The lowest BCUT2D eigenvalue weighted by Crippen LogP contribution is -2.36. The van der Waals surface area contributed by atoms with Crippen molar-refractivity contribution < 1.29 is 13.9 Å². The molecule has 0 saturated heterocycles. The van der Waals surface area contributed by atoms with Gasteiger partial charge in [0, 0.05) is 11.8 Å². The van der Waals surface area contributed by atoms with Gasteiger partial charge in [-0.2, -0.15) is 0 Å². The molecule has 0 radical (unpaired) electrons. The Hall–Kier alpha value is -3.15. The number of amides is 1. The number of pyridine rings is 1. The van der Waals surface area contributed by atoms with E-state index in [1.807, 2.05) is 38.1 Å². The van der Waals surface area contributed by atoms with Gasteiger partial charge in [0.05, 0.1) is 17.6 Å². The second-order valence-corrected chi connectivity index (χ2v) is 6.57. The van der Waals surface area contributed by atoms with Gasteiger partial charge in [-0.15, -0.1) is 0 Å². The van der Waals surface area contributed by atoms with E-state index in [9.17, 15) is 9.59 Å². The average molecular weight is 366 g/mol. The monoisotopic (exact) mass is 366 g/mol. The number of carbonyl (C=O) groups excluding carboxylic acids is 1. The lowest BCUT2D eigenvalue weighted by molar-refractivity contribution is -0.127. The summed E-state index contributed by atoms with van der Waals surface area (Å²) in [4.78, 5) is 28.5. The maximum Gasteiger partial charge on any atom is 0.339 e. The Kier molecular flexibility index (Phi) is 5.26. The van der Waals surface area contributed by atoms with Crippen LogP contribution in [0.1, 0.15) is 29.3 Å². The van der Waals surface area contributed by atoms with E-state index >= 15 is 0 Å². The predicted molar refractivity (Wildman–Crippen MR) is 103 cm³/mol. The summed E-state index contributed by atoms with van der Waals surface area (Å²) in [6.45, 7) is 7.46. The first kappa shape index (κ1) is 18.6. The molecule has 0 fully saturated rings. The van der Waals surface area contributed by atoms with Gasteiger partial charge in [-0.25, -0.2) is 4.79 Å². The molecule has 1 aromatic carbocycles. The van der Waals surface area contributed by atoms with E-state index in [0.717, 1.165) is 16.8 Å². The van der Waals surface area contributed by atoms with Crippen molar-refractivity contribution in [3.8, 4) is 5.75 Å². The van der Waals surface area contributed by atoms with Crippen molar-refractivity contribution in [2.45, 2.75) is 40.3 Å². The zero-order valence-electron chi connectivity index (χ0n) is 15.8. The third-order valence-corrected chi connectivity index (χ3v) is 4.50. The lowest BCUT2D eigenvalue weighted by Gasteiger charge is -2.17. The molecule has 1 N–H and O–H groups in total. The third-order valence-electron chi connectivity index (χ3n) is 4.50. The second kappa shape index (κ2) is 7.61. The van der Waals surface area contributed by atoms with Gasteiger partial charge in [-0.3, -0.25) is 9.78 Å². The molecule has 1 atom stereocenters. The van der Waals surface area contributed by atoms with Crippen LogP contribution in [0.15, 0.2) is 45.7 Å². The lowest BCUT2D eigenvalue weighted by atomic mass is 10.0. The first-order chi connectivity index (χ1) is 12.9. The van der Waals surface area contributed by atoms with Crippen molar-refractivity contribution in [2.24, 2.45) is 0 Å². The number of nitrogens with one attached hydrogen (secondary N) is 1. The SMILES string of the molecule is Cc1cc(O[C@@H](C)C(=O)NCc2ccccn2)c2c(C)c(C)c(=O)oc2c1. The minimum absolute atomic E-state index is 0.248. The van der Waals surface area contributed by atoms with Crippen molar-refractivity contribution in [3.63, 3.8) is 0 Å². The standard InChI is InChI=1S/C21H22N2O4/c1-12-9-17(19-13(2)14(3)21(25)27-18(19)10-12)26-15(4)20(24)23-11-16-7-5-6-8-22-16/h5-10,15H,11H2,1-4H3,(H,23,24)/t15-/m0/s1. The largest absolute Gasteiger partial charge is 0.480 e. The molecule has 3 rings (SSSR count). The van der Waals surface area contributed by atoms with E-state index in [4.69, 9.17) is 9.15 Å². The Labute approximate surface area is 157 Å². The topological polar surface area (TPSA) is 81.4 Å². The van der Waals surface area contributed by atoms with E-state index in [1.54, 1.807) is 26.1 Å². The highest BCUT2D eigenvalue weighted by Gasteiger charge is 2.19. The fraction of sp³-hybridized carbons (Fsp3) is 0.286. The molecule has 0 unspecified atom stereocenters. The van der Waals surface area contributed by atoms with E-state index in [2.05, 4.69) is 10.3 Å². The number of hydrogen-bond acceptors (Lipinski definition) is 5. The molecule has 140 valence electrons. The third kappa shape index (κ3) is 4.00. The Bertz CT molecular complexity index is 1040. The van der Waals surface area contributed by atoms with Crippen LogP contribution in [0.5, 0.6) is 5.75 Å². The van der Waals surface area contributed by atoms with E-state index in [-0.39, 0.29) is 11.5 Å². The first-order valence-electron chi connectivity index (χ1n) is 8.75. The number of fused-ring (bicyclic) bond motifs is 1. The number of aryl methyl sites for hydroxylation is 2. The molecule has 6 nitrogen and oxygen atoms in total. The highest BCUT2D eigenvalue weighted by molar-refractivity contribution is 5.89. The van der Waals surface area contributed by atoms with Gasteiger partial charge in [0.1, 0.15) is 11.3 Å². The summed E-state index contributed by atoms with van der Waals surface area (Å²) in [5, 5.41) is 3.53. The van der Waals surface area contributed by atoms with Crippen LogP contribution >= 0.6 is 0 Å². The van der Waals surface area contributed by atoms with E-state index in [0.29, 0.717) is 28.8 Å². The molecule has 0 aliphatic carbocycles. The number of carbonyl (C=O) groups is 1. The molecule has 0 bridgehead atoms. The summed E-state index contributed by atoms with van der Waals surface area (Å²) in [7, 11) is 0. The van der Waals surface area contributed by atoms with Crippen LogP contribution in [0.4, 0.5) is 0 Å². The second-order valence-electron chi connectivity index (χ2n) is 6.57. The van der Waals surface area contributed by atoms with Crippen LogP contribution in [0.25, 0.3) is 11.0 Å². The maximum atomic E-state index is 12.4. The van der Waals surface area contributed by atoms with Crippen molar-refractivity contribution in [1.29, 1.82) is 0 Å². The molecule has 2 heterocycles. The van der Waals surface area contributed by atoms with E-state index < -0.39 is 6.10 Å². The molecule has 3 aromatic rings. The molecule has 0 saturated carbocycles. The Morgan fingerprint density at radius 2 is 2.00 bits per heavy atom. The number of ether oxygens (including phenoxy) is 1. The Morgan fingerprint density at radius 3 is 2.70 bits per heavy atom. The van der Waals surface area contributed by atoms with Gasteiger partial charge in [-0.1, -0.05) is 6.07 Å². The first-order valence-corrected chi connectivity index (χ1v) is 8.75. The normalized spacial score (nSPS) is 12.0. The molecular formula is C21H22N2O4. The Balaban J connectivity index is 1.84. The minimum atomic E-state index is -0.717. The summed E-state index contributed by atoms with van der Waals surface area (Å²) >= 11 is 0. The van der Waals surface area contributed by atoms with Gasteiger partial charge in [0.15, 0.2) is 6.10 Å². The average Bonchev–Trinajstić information content (AvgIpc) is 2.64. The van der Waals surface area contributed by atoms with Crippen LogP contribution in [-0.4, -0.2) is 17.0 Å². The number of aromatic nitrogens is 1. The molecule has 27 heavy (non-hydrogen) atoms. The number of rotatable bonds is 5. The molecular weight excluding hydrogens is 344 g/mol. The number of hydrogen-bond donors (Lipinski definition) is 1. The molecule has 6 heteroatoms. The van der Waals surface area contributed by atoms with Crippen molar-refractivity contribution in [2.75, 3.05) is 0 Å². The van der Waals surface area contributed by atoms with Crippen LogP contribution in [0, 0.1) is 20.8 Å². The fourth-order valence-electron chi connectivity index (χ4n) is 2.85. The summed E-state index contributed by atoms with van der Waals surface area (Å²) in [6, 6.07) is 9.17. The maximum absolute atomic E-state index is 12.4. The van der Waals surface area contributed by atoms with Gasteiger partial charge in [-0.05, 0) is 63.1 Å². The Morgan fingerprint density at radius 1 is 1.22 bits per heavy atom.